The van der Waals surface area contributed by atoms with E-state index in [9.17, 15) is 9.59 Å². The first-order valence-corrected chi connectivity index (χ1v) is 11.3. The lowest BCUT2D eigenvalue weighted by molar-refractivity contribution is -0.124. The van der Waals surface area contributed by atoms with Crippen LogP contribution in [0.15, 0.2) is 115 Å². The molecule has 0 unspecified atom stereocenters. The van der Waals surface area contributed by atoms with Crippen LogP contribution in [-0.2, 0) is 20.4 Å². The molecule has 4 heteroatoms. The molecular formula is C29H20ClNO2. The Hall–Kier alpha value is -3.69. The maximum Gasteiger partial charge on any atom is 0.246 e. The number of hydrogen-bond donors (Lipinski definition) is 0. The normalized spacial score (nSPS) is 22.8. The summed E-state index contributed by atoms with van der Waals surface area (Å²) in [5.74, 6) is -0.919. The van der Waals surface area contributed by atoms with E-state index in [-0.39, 0.29) is 11.8 Å². The van der Waals surface area contributed by atoms with Crippen LogP contribution in [0.1, 0.15) is 16.7 Å². The second-order valence-corrected chi connectivity index (χ2v) is 9.04. The number of carbonyl (C=O) groups excluding carboxylic acids is 2. The molecule has 4 aromatic rings. The molecule has 0 bridgehead atoms. The predicted molar refractivity (Wildman–Crippen MR) is 129 cm³/mol. The van der Waals surface area contributed by atoms with E-state index < -0.39 is 16.7 Å². The Kier molecular flexibility index (Phi) is 4.33. The van der Waals surface area contributed by atoms with Gasteiger partial charge in [-0.1, -0.05) is 103 Å². The van der Waals surface area contributed by atoms with Crippen molar-refractivity contribution in [2.75, 3.05) is 4.90 Å². The van der Waals surface area contributed by atoms with Crippen LogP contribution in [-0.4, -0.2) is 11.8 Å². The molecule has 2 amide bonds. The maximum absolute atomic E-state index is 14.4. The van der Waals surface area contributed by atoms with E-state index in [2.05, 4.69) is 0 Å². The zero-order valence-corrected chi connectivity index (χ0v) is 18.4. The van der Waals surface area contributed by atoms with Crippen molar-refractivity contribution in [2.24, 2.45) is 5.92 Å². The summed E-state index contributed by atoms with van der Waals surface area (Å²) in [6.07, 6.45) is 0. The summed E-state index contributed by atoms with van der Waals surface area (Å²) >= 11 is 6.07. The van der Waals surface area contributed by atoms with Gasteiger partial charge < -0.3 is 0 Å². The first-order valence-electron chi connectivity index (χ1n) is 10.9. The van der Waals surface area contributed by atoms with Gasteiger partial charge in [0, 0.05) is 5.02 Å². The zero-order valence-electron chi connectivity index (χ0n) is 17.7. The van der Waals surface area contributed by atoms with Gasteiger partial charge in [0.2, 0.25) is 11.8 Å². The van der Waals surface area contributed by atoms with E-state index in [0.717, 1.165) is 16.7 Å². The lowest BCUT2D eigenvalue weighted by Gasteiger charge is -2.31. The third-order valence-electron chi connectivity index (χ3n) is 7.18. The number of hydrogen-bond acceptors (Lipinski definition) is 2. The molecule has 3 nitrogen and oxygen atoms in total. The molecule has 4 aromatic carbocycles. The standard InChI is InChI=1S/C29H20ClNO2/c30-23-16-18-24(19-17-23)31-26(32)25-28(20-10-4-1-5-11-20,21-12-6-2-7-13-21)29(25,27(31)33)22-14-8-3-9-15-22/h1-19,25H/t25-,29+/m0/s1. The third-order valence-corrected chi connectivity index (χ3v) is 7.44. The molecule has 6 rings (SSSR count). The van der Waals surface area contributed by atoms with Crippen LogP contribution >= 0.6 is 11.6 Å². The molecule has 1 aliphatic carbocycles. The van der Waals surface area contributed by atoms with Crippen molar-refractivity contribution >= 4 is 29.1 Å². The zero-order chi connectivity index (χ0) is 22.6. The van der Waals surface area contributed by atoms with Gasteiger partial charge in [-0.3, -0.25) is 9.59 Å². The minimum Gasteiger partial charge on any atom is -0.274 e. The van der Waals surface area contributed by atoms with E-state index in [0.29, 0.717) is 10.7 Å². The number of rotatable bonds is 4. The van der Waals surface area contributed by atoms with Gasteiger partial charge in [-0.05, 0) is 41.0 Å². The van der Waals surface area contributed by atoms with Gasteiger partial charge in [0.15, 0.2) is 0 Å². The maximum atomic E-state index is 14.4. The number of anilines is 1. The van der Waals surface area contributed by atoms with E-state index in [1.165, 1.54) is 4.90 Å². The predicted octanol–water partition coefficient (Wildman–Crippen LogP) is 5.77. The summed E-state index contributed by atoms with van der Waals surface area (Å²) in [5, 5.41) is 0.559. The highest BCUT2D eigenvalue weighted by molar-refractivity contribution is 6.33. The highest BCUT2D eigenvalue weighted by atomic mass is 35.5. The SMILES string of the molecule is O=C1[C@H]2C(c3ccccc3)(c3ccccc3)[C@@]2(c2ccccc2)C(=O)N1c1ccc(Cl)cc1. The summed E-state index contributed by atoms with van der Waals surface area (Å²) < 4.78 is 0. The Balaban J connectivity index is 1.64. The lowest BCUT2D eigenvalue weighted by Crippen LogP contribution is -2.44. The summed E-state index contributed by atoms with van der Waals surface area (Å²) in [5.41, 5.74) is 1.57. The average Bonchev–Trinajstić information content (AvgIpc) is 3.46. The Morgan fingerprint density at radius 1 is 0.576 bits per heavy atom. The molecule has 2 atom stereocenters. The number of benzene rings is 4. The van der Waals surface area contributed by atoms with Gasteiger partial charge in [0.25, 0.3) is 0 Å². The highest BCUT2D eigenvalue weighted by Crippen LogP contribution is 2.77. The average molecular weight is 450 g/mol. The molecule has 0 N–H and O–H groups in total. The Morgan fingerprint density at radius 3 is 1.45 bits per heavy atom. The number of nitrogens with zero attached hydrogens (tertiary/aromatic N) is 1. The van der Waals surface area contributed by atoms with Crippen LogP contribution in [0, 0.1) is 5.92 Å². The molecule has 0 spiro atoms. The molecule has 1 saturated heterocycles. The number of halogens is 1. The summed E-state index contributed by atoms with van der Waals surface area (Å²) in [6, 6.07) is 36.5. The van der Waals surface area contributed by atoms with Gasteiger partial charge in [-0.2, -0.15) is 0 Å². The van der Waals surface area contributed by atoms with Gasteiger partial charge in [0.1, 0.15) is 5.41 Å². The number of amides is 2. The lowest BCUT2D eigenvalue weighted by atomic mass is 9.76. The highest BCUT2D eigenvalue weighted by Gasteiger charge is 2.89. The van der Waals surface area contributed by atoms with Crippen molar-refractivity contribution in [3.63, 3.8) is 0 Å². The fourth-order valence-corrected chi connectivity index (χ4v) is 6.08. The van der Waals surface area contributed by atoms with E-state index in [1.54, 1.807) is 24.3 Å². The fourth-order valence-electron chi connectivity index (χ4n) is 5.95. The van der Waals surface area contributed by atoms with Crippen molar-refractivity contribution in [3.8, 4) is 0 Å². The summed E-state index contributed by atoms with van der Waals surface area (Å²) in [7, 11) is 0. The summed E-state index contributed by atoms with van der Waals surface area (Å²) in [6.45, 7) is 0. The van der Waals surface area contributed by atoms with Crippen molar-refractivity contribution in [3.05, 3.63) is 137 Å². The second-order valence-electron chi connectivity index (χ2n) is 8.60. The van der Waals surface area contributed by atoms with E-state index in [4.69, 9.17) is 11.6 Å². The molecule has 0 radical (unpaired) electrons. The smallest absolute Gasteiger partial charge is 0.246 e. The second kappa shape index (κ2) is 7.16. The van der Waals surface area contributed by atoms with Gasteiger partial charge in [-0.25, -0.2) is 4.90 Å². The Bertz CT molecular complexity index is 1310. The molecule has 33 heavy (non-hydrogen) atoms. The molecule has 1 saturated carbocycles. The number of carbonyl (C=O) groups is 2. The van der Waals surface area contributed by atoms with Crippen molar-refractivity contribution in [1.82, 2.24) is 0 Å². The quantitative estimate of drug-likeness (QED) is 0.371. The molecule has 1 aliphatic heterocycles. The topological polar surface area (TPSA) is 37.4 Å². The van der Waals surface area contributed by atoms with Crippen LogP contribution in [0.3, 0.4) is 0 Å². The van der Waals surface area contributed by atoms with Gasteiger partial charge in [-0.15, -0.1) is 0 Å². The van der Waals surface area contributed by atoms with Crippen LogP contribution in [0.2, 0.25) is 5.02 Å². The van der Waals surface area contributed by atoms with Crippen LogP contribution in [0.5, 0.6) is 0 Å². The monoisotopic (exact) mass is 449 g/mol. The molecule has 160 valence electrons. The van der Waals surface area contributed by atoms with E-state index in [1.807, 2.05) is 91.0 Å². The number of imide groups is 1. The molecule has 2 aliphatic rings. The molecule has 1 heterocycles. The van der Waals surface area contributed by atoms with Crippen LogP contribution in [0.25, 0.3) is 0 Å². The Morgan fingerprint density at radius 2 is 1.00 bits per heavy atom. The van der Waals surface area contributed by atoms with Crippen molar-refractivity contribution < 1.29 is 9.59 Å². The molecular weight excluding hydrogens is 430 g/mol. The molecule has 2 fully saturated rings. The van der Waals surface area contributed by atoms with E-state index >= 15 is 0 Å². The number of piperidine rings is 1. The minimum absolute atomic E-state index is 0.182. The van der Waals surface area contributed by atoms with Gasteiger partial charge in [0.05, 0.1) is 17.0 Å². The largest absolute Gasteiger partial charge is 0.274 e. The summed E-state index contributed by atoms with van der Waals surface area (Å²) in [4.78, 5) is 29.8. The fraction of sp³-hybridized carbons (Fsp3) is 0.103. The molecule has 0 aromatic heterocycles. The first-order chi connectivity index (χ1) is 16.1. The van der Waals surface area contributed by atoms with Crippen molar-refractivity contribution in [2.45, 2.75) is 10.8 Å². The third kappa shape index (κ3) is 2.46. The first kappa shape index (κ1) is 20.0. The van der Waals surface area contributed by atoms with Crippen molar-refractivity contribution in [1.29, 1.82) is 0 Å². The minimum atomic E-state index is -1.02. The van der Waals surface area contributed by atoms with Gasteiger partial charge >= 0.3 is 0 Å². The van der Waals surface area contributed by atoms with Crippen LogP contribution in [0.4, 0.5) is 5.69 Å². The van der Waals surface area contributed by atoms with Crippen LogP contribution < -0.4 is 4.90 Å². The Labute approximate surface area is 197 Å². The number of fused-ring (bicyclic) bond motifs is 1.